The molecule has 0 bridgehead atoms. The lowest BCUT2D eigenvalue weighted by molar-refractivity contribution is 0.472. The van der Waals surface area contributed by atoms with Crippen LogP contribution in [0.5, 0.6) is 11.5 Å². The maximum absolute atomic E-state index is 5.69. The molecule has 0 saturated heterocycles. The lowest BCUT2D eigenvalue weighted by Crippen LogP contribution is -2.01. The zero-order chi connectivity index (χ0) is 11.4. The second-order valence-corrected chi connectivity index (χ2v) is 4.12. The van der Waals surface area contributed by atoms with Crippen molar-refractivity contribution in [3.05, 3.63) is 52.8 Å². The highest BCUT2D eigenvalue weighted by molar-refractivity contribution is 9.10. The van der Waals surface area contributed by atoms with Gasteiger partial charge in [-0.2, -0.15) is 0 Å². The average Bonchev–Trinajstić information content (AvgIpc) is 2.33. The molecular formula is C12H11BrN2O. The van der Waals surface area contributed by atoms with E-state index >= 15 is 0 Å². The summed E-state index contributed by atoms with van der Waals surface area (Å²) in [7, 11) is 0. The minimum Gasteiger partial charge on any atom is -0.455 e. The molecule has 0 aliphatic rings. The first-order valence-electron chi connectivity index (χ1n) is 4.87. The Balaban J connectivity index is 2.23. The molecule has 2 aromatic rings. The summed E-state index contributed by atoms with van der Waals surface area (Å²) in [5, 5.41) is 0. The maximum Gasteiger partial charge on any atom is 0.150 e. The van der Waals surface area contributed by atoms with E-state index in [0.717, 1.165) is 15.9 Å². The van der Waals surface area contributed by atoms with Gasteiger partial charge in [-0.05, 0) is 36.4 Å². The fourth-order valence-corrected chi connectivity index (χ4v) is 1.56. The SMILES string of the molecule is NCc1ncccc1Oc1ccc(Br)cc1. The highest BCUT2D eigenvalue weighted by Crippen LogP contribution is 2.24. The molecular weight excluding hydrogens is 268 g/mol. The minimum atomic E-state index is 0.368. The van der Waals surface area contributed by atoms with Crippen molar-refractivity contribution in [2.24, 2.45) is 5.73 Å². The van der Waals surface area contributed by atoms with Crippen molar-refractivity contribution in [3.8, 4) is 11.5 Å². The third kappa shape index (κ3) is 2.59. The third-order valence-electron chi connectivity index (χ3n) is 2.08. The highest BCUT2D eigenvalue weighted by Gasteiger charge is 2.03. The van der Waals surface area contributed by atoms with Crippen LogP contribution >= 0.6 is 15.9 Å². The van der Waals surface area contributed by atoms with Crippen molar-refractivity contribution in [2.45, 2.75) is 6.54 Å². The number of hydrogen-bond acceptors (Lipinski definition) is 3. The highest BCUT2D eigenvalue weighted by atomic mass is 79.9. The van der Waals surface area contributed by atoms with E-state index < -0.39 is 0 Å². The monoisotopic (exact) mass is 278 g/mol. The van der Waals surface area contributed by atoms with E-state index in [9.17, 15) is 0 Å². The summed E-state index contributed by atoms with van der Waals surface area (Å²) in [5.74, 6) is 1.47. The van der Waals surface area contributed by atoms with Gasteiger partial charge in [-0.1, -0.05) is 15.9 Å². The van der Waals surface area contributed by atoms with Crippen LogP contribution in [0.2, 0.25) is 0 Å². The van der Waals surface area contributed by atoms with Crippen LogP contribution in [0, 0.1) is 0 Å². The number of hydrogen-bond donors (Lipinski definition) is 1. The standard InChI is InChI=1S/C12H11BrN2O/c13-9-3-5-10(6-4-9)16-12-2-1-7-15-11(12)8-14/h1-7H,8,14H2. The van der Waals surface area contributed by atoms with Gasteiger partial charge in [0.1, 0.15) is 11.5 Å². The largest absolute Gasteiger partial charge is 0.455 e. The van der Waals surface area contributed by atoms with Crippen molar-refractivity contribution in [2.75, 3.05) is 0 Å². The molecule has 1 aromatic heterocycles. The topological polar surface area (TPSA) is 48.1 Å². The molecule has 0 fully saturated rings. The van der Waals surface area contributed by atoms with Crippen molar-refractivity contribution >= 4 is 15.9 Å². The second kappa shape index (κ2) is 5.09. The van der Waals surface area contributed by atoms with E-state index in [1.54, 1.807) is 6.20 Å². The second-order valence-electron chi connectivity index (χ2n) is 3.21. The van der Waals surface area contributed by atoms with Crippen LogP contribution in [-0.4, -0.2) is 4.98 Å². The Bertz CT molecular complexity index is 471. The van der Waals surface area contributed by atoms with Crippen LogP contribution in [0.4, 0.5) is 0 Å². The smallest absolute Gasteiger partial charge is 0.150 e. The molecule has 0 saturated carbocycles. The van der Waals surface area contributed by atoms with Crippen LogP contribution in [0.15, 0.2) is 47.1 Å². The summed E-state index contributed by atoms with van der Waals surface area (Å²) in [6.45, 7) is 0.368. The molecule has 2 N–H and O–H groups in total. The van der Waals surface area contributed by atoms with Gasteiger partial charge in [0.15, 0.2) is 0 Å². The van der Waals surface area contributed by atoms with Gasteiger partial charge in [0.05, 0.1) is 5.69 Å². The lowest BCUT2D eigenvalue weighted by Gasteiger charge is -2.08. The molecule has 0 aliphatic heterocycles. The third-order valence-corrected chi connectivity index (χ3v) is 2.61. The average molecular weight is 279 g/mol. The van der Waals surface area contributed by atoms with Gasteiger partial charge in [0, 0.05) is 17.2 Å². The molecule has 3 nitrogen and oxygen atoms in total. The molecule has 1 heterocycles. The fourth-order valence-electron chi connectivity index (χ4n) is 1.30. The molecule has 4 heteroatoms. The van der Waals surface area contributed by atoms with Gasteiger partial charge in [0.2, 0.25) is 0 Å². The fraction of sp³-hybridized carbons (Fsp3) is 0.0833. The normalized spacial score (nSPS) is 10.1. The van der Waals surface area contributed by atoms with Gasteiger partial charge in [-0.3, -0.25) is 4.98 Å². The summed E-state index contributed by atoms with van der Waals surface area (Å²) in [4.78, 5) is 4.15. The van der Waals surface area contributed by atoms with Gasteiger partial charge in [-0.25, -0.2) is 0 Å². The first kappa shape index (κ1) is 11.1. The molecule has 1 aromatic carbocycles. The number of aromatic nitrogens is 1. The Morgan fingerprint density at radius 2 is 1.94 bits per heavy atom. The van der Waals surface area contributed by atoms with Crippen molar-refractivity contribution in [1.29, 1.82) is 0 Å². The Hall–Kier alpha value is -1.39. The van der Waals surface area contributed by atoms with Gasteiger partial charge in [0.25, 0.3) is 0 Å². The Morgan fingerprint density at radius 3 is 2.62 bits per heavy atom. The van der Waals surface area contributed by atoms with Crippen LogP contribution in [0.3, 0.4) is 0 Å². The summed E-state index contributed by atoms with van der Waals surface area (Å²) >= 11 is 3.37. The number of benzene rings is 1. The molecule has 2 rings (SSSR count). The molecule has 0 unspecified atom stereocenters. The first-order chi connectivity index (χ1) is 7.79. The molecule has 82 valence electrons. The molecule has 16 heavy (non-hydrogen) atoms. The number of halogens is 1. The van der Waals surface area contributed by atoms with E-state index in [-0.39, 0.29) is 0 Å². The molecule has 0 amide bonds. The number of nitrogens with zero attached hydrogens (tertiary/aromatic N) is 1. The Morgan fingerprint density at radius 1 is 1.19 bits per heavy atom. The summed E-state index contributed by atoms with van der Waals surface area (Å²) in [6, 6.07) is 11.3. The van der Waals surface area contributed by atoms with Crippen LogP contribution in [0.1, 0.15) is 5.69 Å². The molecule has 0 spiro atoms. The molecule has 0 atom stereocenters. The summed E-state index contributed by atoms with van der Waals surface area (Å²) in [5.41, 5.74) is 6.33. The van der Waals surface area contributed by atoms with Crippen molar-refractivity contribution in [1.82, 2.24) is 4.98 Å². The molecule has 0 radical (unpaired) electrons. The van der Waals surface area contributed by atoms with Gasteiger partial charge in [-0.15, -0.1) is 0 Å². The quantitative estimate of drug-likeness (QED) is 0.939. The Labute approximate surface area is 102 Å². The summed E-state index contributed by atoms with van der Waals surface area (Å²) < 4.78 is 6.71. The zero-order valence-electron chi connectivity index (χ0n) is 8.56. The predicted octanol–water partition coefficient (Wildman–Crippen LogP) is 3.10. The number of ether oxygens (including phenoxy) is 1. The summed E-state index contributed by atoms with van der Waals surface area (Å²) in [6.07, 6.45) is 1.70. The van der Waals surface area contributed by atoms with Gasteiger partial charge >= 0.3 is 0 Å². The van der Waals surface area contributed by atoms with Crippen molar-refractivity contribution in [3.63, 3.8) is 0 Å². The lowest BCUT2D eigenvalue weighted by atomic mass is 10.3. The van der Waals surface area contributed by atoms with E-state index in [2.05, 4.69) is 20.9 Å². The number of rotatable bonds is 3. The predicted molar refractivity (Wildman–Crippen MR) is 66.3 cm³/mol. The first-order valence-corrected chi connectivity index (χ1v) is 5.66. The molecule has 0 aliphatic carbocycles. The van der Waals surface area contributed by atoms with Crippen LogP contribution in [-0.2, 0) is 6.54 Å². The van der Waals surface area contributed by atoms with E-state index in [1.807, 2.05) is 36.4 Å². The zero-order valence-corrected chi connectivity index (χ0v) is 10.1. The van der Waals surface area contributed by atoms with E-state index in [4.69, 9.17) is 10.5 Å². The van der Waals surface area contributed by atoms with Crippen molar-refractivity contribution < 1.29 is 4.74 Å². The Kier molecular flexibility index (Phi) is 3.54. The van der Waals surface area contributed by atoms with E-state index in [0.29, 0.717) is 12.3 Å². The number of nitrogens with two attached hydrogens (primary N) is 1. The van der Waals surface area contributed by atoms with Crippen LogP contribution < -0.4 is 10.5 Å². The minimum absolute atomic E-state index is 0.368. The number of pyridine rings is 1. The van der Waals surface area contributed by atoms with Gasteiger partial charge < -0.3 is 10.5 Å². The maximum atomic E-state index is 5.69. The van der Waals surface area contributed by atoms with Crippen LogP contribution in [0.25, 0.3) is 0 Å². The van der Waals surface area contributed by atoms with E-state index in [1.165, 1.54) is 0 Å².